The second kappa shape index (κ2) is 3.34. The van der Waals surface area contributed by atoms with Gasteiger partial charge in [0.2, 0.25) is 0 Å². The molecular formula is C8H10FNO. The van der Waals surface area contributed by atoms with Crippen molar-refractivity contribution in [1.82, 2.24) is 5.32 Å². The van der Waals surface area contributed by atoms with E-state index in [9.17, 15) is 4.39 Å². The van der Waals surface area contributed by atoms with Gasteiger partial charge in [0.25, 0.3) is 0 Å². The van der Waals surface area contributed by atoms with Crippen LogP contribution in [0.2, 0.25) is 0 Å². The van der Waals surface area contributed by atoms with Gasteiger partial charge in [-0.2, -0.15) is 0 Å². The third-order valence-electron chi connectivity index (χ3n) is 1.39. The summed E-state index contributed by atoms with van der Waals surface area (Å²) in [4.78, 5) is 0. The Kier molecular flexibility index (Phi) is 2.44. The Labute approximate surface area is 64.7 Å². The summed E-state index contributed by atoms with van der Waals surface area (Å²) in [6.07, 6.45) is 0. The number of aromatic hydroxyl groups is 1. The van der Waals surface area contributed by atoms with Crippen LogP contribution in [0.5, 0.6) is 5.75 Å². The van der Waals surface area contributed by atoms with Crippen molar-refractivity contribution in [2.75, 3.05) is 7.05 Å². The van der Waals surface area contributed by atoms with Crippen LogP contribution < -0.4 is 5.32 Å². The molecule has 1 aromatic rings. The van der Waals surface area contributed by atoms with Crippen LogP contribution in [0, 0.1) is 5.82 Å². The molecule has 0 aromatic heterocycles. The summed E-state index contributed by atoms with van der Waals surface area (Å²) < 4.78 is 12.5. The maximum atomic E-state index is 12.5. The summed E-state index contributed by atoms with van der Waals surface area (Å²) in [5, 5.41) is 11.8. The van der Waals surface area contributed by atoms with Gasteiger partial charge >= 0.3 is 0 Å². The molecule has 0 aliphatic heterocycles. The fourth-order valence-electron chi connectivity index (χ4n) is 0.872. The van der Waals surface area contributed by atoms with Gasteiger partial charge in [0, 0.05) is 6.54 Å². The van der Waals surface area contributed by atoms with Crippen LogP contribution in [0.15, 0.2) is 18.2 Å². The first-order valence-electron chi connectivity index (χ1n) is 3.36. The van der Waals surface area contributed by atoms with Crippen LogP contribution in [-0.2, 0) is 6.54 Å². The average Bonchev–Trinajstić information content (AvgIpc) is 1.98. The minimum absolute atomic E-state index is 0.294. The molecule has 0 aliphatic rings. The Morgan fingerprint density at radius 1 is 1.55 bits per heavy atom. The number of phenols is 1. The van der Waals surface area contributed by atoms with E-state index >= 15 is 0 Å². The molecule has 11 heavy (non-hydrogen) atoms. The molecule has 0 saturated carbocycles. The van der Waals surface area contributed by atoms with Gasteiger partial charge < -0.3 is 10.4 Å². The van der Waals surface area contributed by atoms with E-state index in [0.717, 1.165) is 5.56 Å². The summed E-state index contributed by atoms with van der Waals surface area (Å²) in [5.74, 6) is -0.873. The second-order valence-corrected chi connectivity index (χ2v) is 2.32. The van der Waals surface area contributed by atoms with Crippen molar-refractivity contribution < 1.29 is 9.50 Å². The molecule has 2 N–H and O–H groups in total. The molecule has 0 heterocycles. The molecule has 0 radical (unpaired) electrons. The molecule has 0 spiro atoms. The molecule has 0 bridgehead atoms. The lowest BCUT2D eigenvalue weighted by atomic mass is 10.2. The summed E-state index contributed by atoms with van der Waals surface area (Å²) in [6.45, 7) is 0.633. The number of rotatable bonds is 2. The number of hydrogen-bond acceptors (Lipinski definition) is 2. The van der Waals surface area contributed by atoms with Gasteiger partial charge in [-0.05, 0) is 24.7 Å². The number of phenolic OH excluding ortho intramolecular Hbond substituents is 1. The Morgan fingerprint density at radius 2 is 2.27 bits per heavy atom. The number of nitrogens with one attached hydrogen (secondary N) is 1. The zero-order chi connectivity index (χ0) is 8.27. The van der Waals surface area contributed by atoms with Gasteiger partial charge in [-0.1, -0.05) is 6.07 Å². The van der Waals surface area contributed by atoms with Crippen molar-refractivity contribution in [2.45, 2.75) is 6.54 Å². The summed E-state index contributed by atoms with van der Waals surface area (Å²) in [6, 6.07) is 4.29. The summed E-state index contributed by atoms with van der Waals surface area (Å²) in [7, 11) is 1.79. The highest BCUT2D eigenvalue weighted by molar-refractivity contribution is 5.28. The molecule has 2 nitrogen and oxygen atoms in total. The lowest BCUT2D eigenvalue weighted by Crippen LogP contribution is -2.04. The van der Waals surface area contributed by atoms with Crippen molar-refractivity contribution in [3.8, 4) is 5.75 Å². The quantitative estimate of drug-likeness (QED) is 0.673. The molecule has 0 atom stereocenters. The highest BCUT2D eigenvalue weighted by Crippen LogP contribution is 2.16. The first-order valence-corrected chi connectivity index (χ1v) is 3.36. The largest absolute Gasteiger partial charge is 0.505 e. The molecule has 0 fully saturated rings. The SMILES string of the molecule is CNCc1ccc(F)c(O)c1. The minimum atomic E-state index is -0.579. The van der Waals surface area contributed by atoms with E-state index in [1.165, 1.54) is 12.1 Å². The van der Waals surface area contributed by atoms with E-state index in [2.05, 4.69) is 5.32 Å². The molecule has 0 saturated heterocycles. The minimum Gasteiger partial charge on any atom is -0.505 e. The van der Waals surface area contributed by atoms with Crippen LogP contribution in [-0.4, -0.2) is 12.2 Å². The van der Waals surface area contributed by atoms with E-state index < -0.39 is 5.82 Å². The number of halogens is 1. The Balaban J connectivity index is 2.86. The maximum absolute atomic E-state index is 12.5. The molecular weight excluding hydrogens is 145 g/mol. The van der Waals surface area contributed by atoms with Crippen molar-refractivity contribution in [1.29, 1.82) is 0 Å². The highest BCUT2D eigenvalue weighted by atomic mass is 19.1. The van der Waals surface area contributed by atoms with Gasteiger partial charge in [-0.25, -0.2) is 4.39 Å². The van der Waals surface area contributed by atoms with Gasteiger partial charge in [0.1, 0.15) is 0 Å². The third-order valence-corrected chi connectivity index (χ3v) is 1.39. The maximum Gasteiger partial charge on any atom is 0.164 e. The molecule has 0 aliphatic carbocycles. The van der Waals surface area contributed by atoms with Crippen LogP contribution in [0.4, 0.5) is 4.39 Å². The summed E-state index contributed by atoms with van der Waals surface area (Å²) in [5.41, 5.74) is 0.867. The van der Waals surface area contributed by atoms with E-state index in [0.29, 0.717) is 6.54 Å². The fraction of sp³-hybridized carbons (Fsp3) is 0.250. The number of benzene rings is 1. The molecule has 3 heteroatoms. The van der Waals surface area contributed by atoms with Crippen molar-refractivity contribution in [2.24, 2.45) is 0 Å². The second-order valence-electron chi connectivity index (χ2n) is 2.32. The molecule has 0 amide bonds. The van der Waals surface area contributed by atoms with Crippen molar-refractivity contribution in [3.05, 3.63) is 29.6 Å². The van der Waals surface area contributed by atoms with Crippen LogP contribution in [0.1, 0.15) is 5.56 Å². The van der Waals surface area contributed by atoms with E-state index in [1.807, 2.05) is 0 Å². The molecule has 1 aromatic carbocycles. The monoisotopic (exact) mass is 155 g/mol. The average molecular weight is 155 g/mol. The molecule has 1 rings (SSSR count). The van der Waals surface area contributed by atoms with Gasteiger partial charge in [-0.15, -0.1) is 0 Å². The van der Waals surface area contributed by atoms with Gasteiger partial charge in [0.15, 0.2) is 11.6 Å². The zero-order valence-electron chi connectivity index (χ0n) is 6.26. The first-order chi connectivity index (χ1) is 5.24. The Morgan fingerprint density at radius 3 is 2.82 bits per heavy atom. The molecule has 60 valence electrons. The Bertz CT molecular complexity index is 250. The zero-order valence-corrected chi connectivity index (χ0v) is 6.26. The van der Waals surface area contributed by atoms with E-state index in [1.54, 1.807) is 13.1 Å². The number of hydrogen-bond donors (Lipinski definition) is 2. The van der Waals surface area contributed by atoms with Crippen LogP contribution >= 0.6 is 0 Å². The van der Waals surface area contributed by atoms with Crippen LogP contribution in [0.3, 0.4) is 0 Å². The smallest absolute Gasteiger partial charge is 0.164 e. The van der Waals surface area contributed by atoms with Gasteiger partial charge in [0.05, 0.1) is 0 Å². The normalized spacial score (nSPS) is 10.0. The molecule has 0 unspecified atom stereocenters. The van der Waals surface area contributed by atoms with Gasteiger partial charge in [-0.3, -0.25) is 0 Å². The van der Waals surface area contributed by atoms with E-state index in [-0.39, 0.29) is 5.75 Å². The lowest BCUT2D eigenvalue weighted by molar-refractivity contribution is 0.431. The third kappa shape index (κ3) is 1.91. The standard InChI is InChI=1S/C8H10FNO/c1-10-5-6-2-3-7(9)8(11)4-6/h2-4,10-11H,5H2,1H3. The predicted octanol–water partition coefficient (Wildman–Crippen LogP) is 1.25. The fourth-order valence-corrected chi connectivity index (χ4v) is 0.872. The predicted molar refractivity (Wildman–Crippen MR) is 40.8 cm³/mol. The van der Waals surface area contributed by atoms with Crippen LogP contribution in [0.25, 0.3) is 0 Å². The van der Waals surface area contributed by atoms with Crippen molar-refractivity contribution >= 4 is 0 Å². The lowest BCUT2D eigenvalue weighted by Gasteiger charge is -2.00. The Hall–Kier alpha value is -1.09. The van der Waals surface area contributed by atoms with Crippen molar-refractivity contribution in [3.63, 3.8) is 0 Å². The van der Waals surface area contributed by atoms with E-state index in [4.69, 9.17) is 5.11 Å². The highest BCUT2D eigenvalue weighted by Gasteiger charge is 1.99. The summed E-state index contributed by atoms with van der Waals surface area (Å²) >= 11 is 0. The first kappa shape index (κ1) is 8.01. The topological polar surface area (TPSA) is 32.3 Å².